The Morgan fingerprint density at radius 2 is 1.96 bits per heavy atom. The van der Waals surface area contributed by atoms with Gasteiger partial charge in [0.1, 0.15) is 6.61 Å². The number of thiazole rings is 1. The van der Waals surface area contributed by atoms with Crippen LogP contribution in [0.4, 0.5) is 0 Å². The molecule has 0 radical (unpaired) electrons. The lowest BCUT2D eigenvalue weighted by Crippen LogP contribution is -2.18. The summed E-state index contributed by atoms with van der Waals surface area (Å²) in [6, 6.07) is 16.4. The second-order valence-electron chi connectivity index (χ2n) is 5.77. The summed E-state index contributed by atoms with van der Waals surface area (Å²) < 4.78 is 11.4. The number of nitrogens with one attached hydrogen (secondary N) is 1. The zero-order chi connectivity index (χ0) is 17.5. The molecule has 3 rings (SSSR count). The molecule has 1 N–H and O–H groups in total. The number of benzene rings is 2. The van der Waals surface area contributed by atoms with Crippen LogP contribution < -0.4 is 14.8 Å². The normalized spacial score (nSPS) is 11.9. The smallest absolute Gasteiger partial charge is 0.161 e. The maximum atomic E-state index is 5.91. The molecule has 0 aliphatic heterocycles. The topological polar surface area (TPSA) is 43.4 Å². The fraction of sp³-hybridized carbons (Fsp3) is 0.250. The first-order chi connectivity index (χ1) is 12.3. The van der Waals surface area contributed by atoms with Crippen molar-refractivity contribution in [2.75, 3.05) is 7.11 Å². The molecule has 0 saturated carbocycles. The monoisotopic (exact) mass is 354 g/mol. The van der Waals surface area contributed by atoms with Crippen molar-refractivity contribution in [3.05, 3.63) is 76.2 Å². The van der Waals surface area contributed by atoms with E-state index in [0.717, 1.165) is 34.9 Å². The van der Waals surface area contributed by atoms with Gasteiger partial charge in [0.05, 0.1) is 18.3 Å². The fourth-order valence-electron chi connectivity index (χ4n) is 2.51. The maximum Gasteiger partial charge on any atom is 0.161 e. The van der Waals surface area contributed by atoms with Gasteiger partial charge in [-0.3, -0.25) is 0 Å². The highest BCUT2D eigenvalue weighted by molar-refractivity contribution is 7.07. The lowest BCUT2D eigenvalue weighted by atomic mass is 10.1. The Labute approximate surface area is 152 Å². The average Bonchev–Trinajstić information content (AvgIpc) is 3.18. The van der Waals surface area contributed by atoms with Gasteiger partial charge in [-0.25, -0.2) is 4.98 Å². The molecular formula is C20H22N2O2S. The number of ether oxygens (including phenoxy) is 2. The maximum absolute atomic E-state index is 5.91. The van der Waals surface area contributed by atoms with Gasteiger partial charge < -0.3 is 14.8 Å². The highest BCUT2D eigenvalue weighted by atomic mass is 32.1. The Morgan fingerprint density at radius 1 is 1.12 bits per heavy atom. The second-order valence-corrected chi connectivity index (χ2v) is 6.49. The molecule has 1 unspecified atom stereocenters. The lowest BCUT2D eigenvalue weighted by Gasteiger charge is -2.17. The molecule has 25 heavy (non-hydrogen) atoms. The molecule has 3 aromatic rings. The van der Waals surface area contributed by atoms with E-state index in [4.69, 9.17) is 9.47 Å². The molecule has 0 amide bonds. The van der Waals surface area contributed by atoms with Crippen LogP contribution >= 0.6 is 11.3 Å². The molecule has 2 aromatic carbocycles. The Bertz CT molecular complexity index is 776. The van der Waals surface area contributed by atoms with E-state index in [1.165, 1.54) is 0 Å². The van der Waals surface area contributed by atoms with Crippen LogP contribution in [0.25, 0.3) is 0 Å². The molecule has 4 nitrogen and oxygen atoms in total. The van der Waals surface area contributed by atoms with E-state index in [1.54, 1.807) is 18.4 Å². The molecule has 0 bridgehead atoms. The van der Waals surface area contributed by atoms with Crippen LogP contribution in [-0.2, 0) is 13.2 Å². The Kier molecular flexibility index (Phi) is 6.04. The van der Waals surface area contributed by atoms with Crippen LogP contribution in [0, 0.1) is 0 Å². The third kappa shape index (κ3) is 4.81. The number of aromatic nitrogens is 1. The van der Waals surface area contributed by atoms with Gasteiger partial charge in [-0.1, -0.05) is 36.4 Å². The van der Waals surface area contributed by atoms with Gasteiger partial charge in [0, 0.05) is 18.0 Å². The number of hydrogen-bond donors (Lipinski definition) is 1. The van der Waals surface area contributed by atoms with Crippen molar-refractivity contribution in [3.63, 3.8) is 0 Å². The molecule has 0 saturated heterocycles. The highest BCUT2D eigenvalue weighted by Gasteiger charge is 2.11. The molecular weight excluding hydrogens is 332 g/mol. The van der Waals surface area contributed by atoms with Crippen LogP contribution in [0.2, 0.25) is 0 Å². The zero-order valence-electron chi connectivity index (χ0n) is 14.4. The number of nitrogens with zero attached hydrogens (tertiary/aromatic N) is 1. The Balaban J connectivity index is 1.64. The van der Waals surface area contributed by atoms with E-state index in [0.29, 0.717) is 6.61 Å². The standard InChI is InChI=1S/C20H22N2O2S/c1-15(21-11-18-13-25-14-22-18)17-8-9-19(20(10-17)23-2)24-12-16-6-4-3-5-7-16/h3-10,13-15,21H,11-12H2,1-2H3. The van der Waals surface area contributed by atoms with Gasteiger partial charge >= 0.3 is 0 Å². The lowest BCUT2D eigenvalue weighted by molar-refractivity contribution is 0.284. The summed E-state index contributed by atoms with van der Waals surface area (Å²) in [5, 5.41) is 5.53. The third-order valence-corrected chi connectivity index (χ3v) is 4.63. The summed E-state index contributed by atoms with van der Waals surface area (Å²) in [6.45, 7) is 3.40. The van der Waals surface area contributed by atoms with E-state index < -0.39 is 0 Å². The molecule has 1 aromatic heterocycles. The summed E-state index contributed by atoms with van der Waals surface area (Å²) >= 11 is 1.61. The minimum absolute atomic E-state index is 0.193. The predicted octanol–water partition coefficient (Wildman–Crippen LogP) is 4.58. The van der Waals surface area contributed by atoms with Gasteiger partial charge in [-0.2, -0.15) is 0 Å². The zero-order valence-corrected chi connectivity index (χ0v) is 15.3. The first-order valence-electron chi connectivity index (χ1n) is 8.21. The third-order valence-electron chi connectivity index (χ3n) is 4.00. The van der Waals surface area contributed by atoms with Crippen LogP contribution in [0.1, 0.15) is 29.8 Å². The summed E-state index contributed by atoms with van der Waals surface area (Å²) in [5.41, 5.74) is 5.20. The van der Waals surface area contributed by atoms with E-state index in [1.807, 2.05) is 48.0 Å². The number of methoxy groups -OCH3 is 1. The highest BCUT2D eigenvalue weighted by Crippen LogP contribution is 2.31. The van der Waals surface area contributed by atoms with Crippen LogP contribution in [0.3, 0.4) is 0 Å². The van der Waals surface area contributed by atoms with E-state index in [-0.39, 0.29) is 6.04 Å². The average molecular weight is 354 g/mol. The second kappa shape index (κ2) is 8.65. The van der Waals surface area contributed by atoms with Crippen molar-refractivity contribution in [2.24, 2.45) is 0 Å². The van der Waals surface area contributed by atoms with Crippen molar-refractivity contribution in [1.82, 2.24) is 10.3 Å². The minimum atomic E-state index is 0.193. The number of rotatable bonds is 8. The first kappa shape index (κ1) is 17.5. The van der Waals surface area contributed by atoms with Crippen LogP contribution in [0.5, 0.6) is 11.5 Å². The Morgan fingerprint density at radius 3 is 2.68 bits per heavy atom. The van der Waals surface area contributed by atoms with Gasteiger partial charge in [-0.15, -0.1) is 11.3 Å². The van der Waals surface area contributed by atoms with E-state index in [2.05, 4.69) is 28.7 Å². The van der Waals surface area contributed by atoms with Gasteiger partial charge in [0.25, 0.3) is 0 Å². The molecule has 1 atom stereocenters. The SMILES string of the molecule is COc1cc(C(C)NCc2cscn2)ccc1OCc1ccccc1. The quantitative estimate of drug-likeness (QED) is 0.643. The summed E-state index contributed by atoms with van der Waals surface area (Å²) in [6.07, 6.45) is 0. The largest absolute Gasteiger partial charge is 0.493 e. The van der Waals surface area contributed by atoms with Crippen molar-refractivity contribution in [3.8, 4) is 11.5 Å². The molecule has 130 valence electrons. The van der Waals surface area contributed by atoms with Gasteiger partial charge in [-0.05, 0) is 30.2 Å². The Hall–Kier alpha value is -2.37. The molecule has 0 aliphatic rings. The van der Waals surface area contributed by atoms with Crippen LogP contribution in [0.15, 0.2) is 59.4 Å². The summed E-state index contributed by atoms with van der Waals surface area (Å²) in [4.78, 5) is 4.29. The first-order valence-corrected chi connectivity index (χ1v) is 9.15. The molecule has 0 fully saturated rings. The van der Waals surface area contributed by atoms with E-state index >= 15 is 0 Å². The molecule has 1 heterocycles. The summed E-state index contributed by atoms with van der Waals surface area (Å²) in [5.74, 6) is 1.50. The van der Waals surface area contributed by atoms with E-state index in [9.17, 15) is 0 Å². The molecule has 5 heteroatoms. The van der Waals surface area contributed by atoms with Crippen LogP contribution in [-0.4, -0.2) is 12.1 Å². The minimum Gasteiger partial charge on any atom is -0.493 e. The van der Waals surface area contributed by atoms with Crippen molar-refractivity contribution in [2.45, 2.75) is 26.1 Å². The van der Waals surface area contributed by atoms with Crippen molar-refractivity contribution >= 4 is 11.3 Å². The van der Waals surface area contributed by atoms with Gasteiger partial charge in [0.2, 0.25) is 0 Å². The predicted molar refractivity (Wildman–Crippen MR) is 101 cm³/mol. The van der Waals surface area contributed by atoms with Gasteiger partial charge in [0.15, 0.2) is 11.5 Å². The summed E-state index contributed by atoms with van der Waals surface area (Å²) in [7, 11) is 1.67. The fourth-order valence-corrected chi connectivity index (χ4v) is 3.07. The molecule has 0 spiro atoms. The molecule has 0 aliphatic carbocycles. The van der Waals surface area contributed by atoms with Crippen molar-refractivity contribution < 1.29 is 9.47 Å². The van der Waals surface area contributed by atoms with Crippen molar-refractivity contribution in [1.29, 1.82) is 0 Å². The number of hydrogen-bond acceptors (Lipinski definition) is 5.